The van der Waals surface area contributed by atoms with Gasteiger partial charge in [-0.25, -0.2) is 8.78 Å². The summed E-state index contributed by atoms with van der Waals surface area (Å²) in [7, 11) is 0. The molecular weight excluding hydrogens is 330 g/mol. The first-order chi connectivity index (χ1) is 10.5. The van der Waals surface area contributed by atoms with Crippen LogP contribution in [0.3, 0.4) is 0 Å². The Morgan fingerprint density at radius 3 is 2.91 bits per heavy atom. The maximum Gasteiger partial charge on any atom is 0.247 e. The Bertz CT molecular complexity index is 530. The van der Waals surface area contributed by atoms with Gasteiger partial charge in [0.15, 0.2) is 0 Å². The van der Waals surface area contributed by atoms with Gasteiger partial charge in [-0.2, -0.15) is 0 Å². The van der Waals surface area contributed by atoms with E-state index in [1.807, 2.05) is 0 Å². The van der Waals surface area contributed by atoms with Crippen molar-refractivity contribution in [1.29, 1.82) is 0 Å². The largest absolute Gasteiger partial charge is 0.328 e. The van der Waals surface area contributed by atoms with E-state index in [1.165, 1.54) is 0 Å². The van der Waals surface area contributed by atoms with Crippen LogP contribution in [-0.2, 0) is 4.79 Å². The van der Waals surface area contributed by atoms with E-state index in [-0.39, 0.29) is 23.6 Å². The average Bonchev–Trinajstić information content (AvgIpc) is 2.46. The van der Waals surface area contributed by atoms with Gasteiger partial charge >= 0.3 is 0 Å². The molecule has 1 aliphatic carbocycles. The van der Waals surface area contributed by atoms with Crippen molar-refractivity contribution < 1.29 is 13.6 Å². The van der Waals surface area contributed by atoms with Gasteiger partial charge in [0.1, 0.15) is 0 Å². The van der Waals surface area contributed by atoms with Crippen LogP contribution in [0.2, 0.25) is 5.02 Å². The second-order valence-electron chi connectivity index (χ2n) is 5.43. The molecule has 1 amide bonds. The summed E-state index contributed by atoms with van der Waals surface area (Å²) >= 11 is 7.02. The normalized spacial score (nSPS) is 21.9. The first-order valence-corrected chi connectivity index (χ1v) is 8.59. The predicted molar refractivity (Wildman–Crippen MR) is 86.7 cm³/mol. The number of halogens is 3. The number of rotatable bonds is 5. The molecule has 3 N–H and O–H groups in total. The van der Waals surface area contributed by atoms with Crippen molar-refractivity contribution >= 4 is 35.0 Å². The molecule has 0 aliphatic heterocycles. The van der Waals surface area contributed by atoms with Gasteiger partial charge in [-0.3, -0.25) is 4.79 Å². The van der Waals surface area contributed by atoms with Crippen LogP contribution in [0, 0.1) is 5.92 Å². The van der Waals surface area contributed by atoms with E-state index in [0.717, 1.165) is 31.0 Å². The minimum atomic E-state index is -2.43. The molecule has 1 aromatic carbocycles. The molecule has 2 unspecified atom stereocenters. The van der Waals surface area contributed by atoms with Crippen molar-refractivity contribution in [3.63, 3.8) is 0 Å². The minimum Gasteiger partial charge on any atom is -0.328 e. The Morgan fingerprint density at radius 2 is 2.23 bits per heavy atom. The summed E-state index contributed by atoms with van der Waals surface area (Å²) < 4.78 is 24.8. The number of hydrogen-bond acceptors (Lipinski definition) is 3. The van der Waals surface area contributed by atoms with Crippen LogP contribution in [-0.4, -0.2) is 24.1 Å². The molecule has 0 radical (unpaired) electrons. The topological polar surface area (TPSA) is 55.1 Å². The molecule has 2 atom stereocenters. The zero-order valence-corrected chi connectivity index (χ0v) is 13.6. The van der Waals surface area contributed by atoms with Crippen molar-refractivity contribution in [2.24, 2.45) is 11.7 Å². The Morgan fingerprint density at radius 1 is 1.45 bits per heavy atom. The maximum atomic E-state index is 12.4. The summed E-state index contributed by atoms with van der Waals surface area (Å²) in [6.07, 6.45) is 0.908. The van der Waals surface area contributed by atoms with E-state index in [0.29, 0.717) is 22.0 Å². The van der Waals surface area contributed by atoms with Gasteiger partial charge in [-0.15, -0.1) is 11.8 Å². The number of carbonyl (C=O) groups is 1. The number of alkyl halides is 2. The molecule has 22 heavy (non-hydrogen) atoms. The smallest absolute Gasteiger partial charge is 0.247 e. The number of thioether (sulfide) groups is 1. The lowest BCUT2D eigenvalue weighted by Crippen LogP contribution is -2.34. The Kier molecular flexibility index (Phi) is 6.47. The summed E-state index contributed by atoms with van der Waals surface area (Å²) in [6.45, 7) is 0. The van der Waals surface area contributed by atoms with E-state index in [1.54, 1.807) is 18.2 Å². The first kappa shape index (κ1) is 17.5. The number of nitrogens with two attached hydrogens (primary N) is 1. The lowest BCUT2D eigenvalue weighted by atomic mass is 9.85. The molecule has 7 heteroatoms. The van der Waals surface area contributed by atoms with Crippen LogP contribution in [0.5, 0.6) is 0 Å². The average molecular weight is 349 g/mol. The summed E-state index contributed by atoms with van der Waals surface area (Å²) in [4.78, 5) is 12.8. The number of benzene rings is 1. The maximum absolute atomic E-state index is 12.4. The fourth-order valence-electron chi connectivity index (χ4n) is 2.60. The van der Waals surface area contributed by atoms with Gasteiger partial charge < -0.3 is 11.1 Å². The summed E-state index contributed by atoms with van der Waals surface area (Å²) in [5, 5.41) is 3.19. The molecule has 0 spiro atoms. The fraction of sp³-hybridized carbons (Fsp3) is 0.533. The Hall–Kier alpha value is -0.850. The van der Waals surface area contributed by atoms with Crippen molar-refractivity contribution in [1.82, 2.24) is 0 Å². The highest BCUT2D eigenvalue weighted by molar-refractivity contribution is 7.99. The summed E-state index contributed by atoms with van der Waals surface area (Å²) in [6, 6.07) is 5.05. The third kappa shape index (κ3) is 4.83. The third-order valence-corrected chi connectivity index (χ3v) is 5.24. The van der Waals surface area contributed by atoms with Crippen molar-refractivity contribution in [3.8, 4) is 0 Å². The molecule has 1 aromatic rings. The van der Waals surface area contributed by atoms with E-state index in [2.05, 4.69) is 5.32 Å². The molecule has 3 nitrogen and oxygen atoms in total. The van der Waals surface area contributed by atoms with Crippen molar-refractivity contribution in [3.05, 3.63) is 23.2 Å². The molecule has 0 bridgehead atoms. The highest BCUT2D eigenvalue weighted by Crippen LogP contribution is 2.36. The van der Waals surface area contributed by atoms with Crippen molar-refractivity contribution in [2.75, 3.05) is 11.1 Å². The minimum absolute atomic E-state index is 0.0524. The molecule has 1 aliphatic rings. The summed E-state index contributed by atoms with van der Waals surface area (Å²) in [5.74, 6) is -0.604. The summed E-state index contributed by atoms with van der Waals surface area (Å²) in [5.41, 5.74) is 6.39. The zero-order chi connectivity index (χ0) is 16.1. The lowest BCUT2D eigenvalue weighted by Gasteiger charge is -2.26. The van der Waals surface area contributed by atoms with Crippen LogP contribution < -0.4 is 11.1 Å². The number of carbonyl (C=O) groups excluding carboxylic acids is 1. The van der Waals surface area contributed by atoms with Gasteiger partial charge in [0.25, 0.3) is 0 Å². The van der Waals surface area contributed by atoms with E-state index in [4.69, 9.17) is 17.3 Å². The number of hydrogen-bond donors (Lipinski definition) is 2. The van der Waals surface area contributed by atoms with E-state index >= 15 is 0 Å². The number of nitrogens with one attached hydrogen (secondary N) is 1. The SMILES string of the molecule is NC1CCCC(C(=O)Nc2cccc(Cl)c2SCC(F)F)C1. The van der Waals surface area contributed by atoms with Gasteiger partial charge in [0, 0.05) is 16.9 Å². The quantitative estimate of drug-likeness (QED) is 0.786. The van der Waals surface area contributed by atoms with Gasteiger partial charge in [-0.05, 0) is 31.4 Å². The number of amides is 1. The molecule has 0 aromatic heterocycles. The monoisotopic (exact) mass is 348 g/mol. The fourth-order valence-corrected chi connectivity index (χ4v) is 3.71. The second-order valence-corrected chi connectivity index (χ2v) is 6.87. The van der Waals surface area contributed by atoms with Crippen molar-refractivity contribution in [2.45, 2.75) is 43.0 Å². The van der Waals surface area contributed by atoms with Crippen LogP contribution in [0.4, 0.5) is 14.5 Å². The first-order valence-electron chi connectivity index (χ1n) is 7.23. The molecule has 2 rings (SSSR count). The van der Waals surface area contributed by atoms with Crippen LogP contribution in [0.25, 0.3) is 0 Å². The number of anilines is 1. The molecule has 0 saturated heterocycles. The molecule has 1 fully saturated rings. The molecule has 122 valence electrons. The van der Waals surface area contributed by atoms with Gasteiger partial charge in [0.05, 0.1) is 16.5 Å². The Labute approximate surface area is 138 Å². The van der Waals surface area contributed by atoms with Gasteiger partial charge in [0.2, 0.25) is 12.3 Å². The van der Waals surface area contributed by atoms with E-state index in [9.17, 15) is 13.6 Å². The predicted octanol–water partition coefficient (Wildman–Crippen LogP) is 4.15. The Balaban J connectivity index is 2.08. The highest BCUT2D eigenvalue weighted by atomic mass is 35.5. The standard InChI is InChI=1S/C15H19ClF2N2OS/c16-11-5-2-6-12(14(11)22-8-13(17)18)20-15(21)9-3-1-4-10(19)7-9/h2,5-6,9-10,13H,1,3-4,7-8,19H2,(H,20,21). The lowest BCUT2D eigenvalue weighted by molar-refractivity contribution is -0.120. The zero-order valence-electron chi connectivity index (χ0n) is 12.0. The van der Waals surface area contributed by atoms with Gasteiger partial charge in [-0.1, -0.05) is 24.1 Å². The highest BCUT2D eigenvalue weighted by Gasteiger charge is 2.26. The van der Waals surface area contributed by atoms with Crippen LogP contribution >= 0.6 is 23.4 Å². The second kappa shape index (κ2) is 8.13. The van der Waals surface area contributed by atoms with Crippen LogP contribution in [0.1, 0.15) is 25.7 Å². The third-order valence-electron chi connectivity index (χ3n) is 3.66. The van der Waals surface area contributed by atoms with E-state index < -0.39 is 6.43 Å². The molecule has 1 saturated carbocycles. The van der Waals surface area contributed by atoms with Crippen LogP contribution in [0.15, 0.2) is 23.1 Å². The molecular formula is C15H19ClF2N2OS. The molecule has 0 heterocycles.